The van der Waals surface area contributed by atoms with Crippen molar-refractivity contribution in [3.8, 4) is 0 Å². The van der Waals surface area contributed by atoms with Crippen LogP contribution >= 0.6 is 0 Å². The average Bonchev–Trinajstić information content (AvgIpc) is 2.48. The van der Waals surface area contributed by atoms with E-state index in [1.54, 1.807) is 0 Å². The van der Waals surface area contributed by atoms with E-state index < -0.39 is 10.8 Å². The molecule has 3 heteroatoms. The minimum atomic E-state index is -0.786. The molecule has 0 bridgehead atoms. The summed E-state index contributed by atoms with van der Waals surface area (Å²) in [7, 11) is -0.786. The molecule has 0 rings (SSSR count). The maximum atomic E-state index is 11.3. The van der Waals surface area contributed by atoms with Gasteiger partial charge in [-0.05, 0) is 6.42 Å². The third-order valence-electron chi connectivity index (χ3n) is 4.04. The van der Waals surface area contributed by atoms with E-state index in [0.29, 0.717) is 5.75 Å². The highest BCUT2D eigenvalue weighted by Gasteiger charge is 1.98. The van der Waals surface area contributed by atoms with Gasteiger partial charge in [-0.15, -0.1) is 0 Å². The molecule has 0 aromatic rings. The molecular formula is C18H38O2S. The third-order valence-corrected chi connectivity index (χ3v) is 5.43. The molecule has 0 aromatic carbocycles. The molecule has 0 saturated carbocycles. The van der Waals surface area contributed by atoms with Crippen molar-refractivity contribution in [3.63, 3.8) is 0 Å². The Bertz CT molecular complexity index is 219. The summed E-state index contributed by atoms with van der Waals surface area (Å²) in [6.45, 7) is 2.33. The van der Waals surface area contributed by atoms with E-state index in [2.05, 4.69) is 6.92 Å². The number of unbranched alkanes of at least 4 members (excludes halogenated alkanes) is 13. The Labute approximate surface area is 135 Å². The Morgan fingerprint density at radius 3 is 1.38 bits per heavy atom. The number of aliphatic hydroxyl groups excluding tert-OH is 1. The summed E-state index contributed by atoms with van der Waals surface area (Å²) >= 11 is 0. The second kappa shape index (κ2) is 18.2. The maximum absolute atomic E-state index is 11.3. The molecule has 0 fully saturated rings. The van der Waals surface area contributed by atoms with Crippen LogP contribution in [-0.2, 0) is 10.8 Å². The zero-order chi connectivity index (χ0) is 15.6. The zero-order valence-corrected chi connectivity index (χ0v) is 15.1. The highest BCUT2D eigenvalue weighted by Crippen LogP contribution is 2.12. The predicted octanol–water partition coefficient (Wildman–Crippen LogP) is 5.21. The minimum Gasteiger partial charge on any atom is -0.395 e. The lowest BCUT2D eigenvalue weighted by atomic mass is 10.0. The molecule has 0 aromatic heterocycles. The predicted molar refractivity (Wildman–Crippen MR) is 95.3 cm³/mol. The largest absolute Gasteiger partial charge is 0.395 e. The van der Waals surface area contributed by atoms with Crippen molar-refractivity contribution in [3.05, 3.63) is 0 Å². The van der Waals surface area contributed by atoms with Gasteiger partial charge in [0.15, 0.2) is 0 Å². The standard InChI is InChI=1S/C18H38O2S/c1-2-3-4-5-6-7-8-9-10-11-12-13-14-15-17-21(20)18-16-19/h19H,2-18H2,1H3/t21-/m1/s1. The SMILES string of the molecule is CCCCCCCCCCCCCCCC[S@@](=O)CCO. The molecule has 0 radical (unpaired) electrons. The van der Waals surface area contributed by atoms with Crippen molar-refractivity contribution >= 4 is 10.8 Å². The number of aliphatic hydroxyl groups is 1. The van der Waals surface area contributed by atoms with Crippen LogP contribution in [-0.4, -0.2) is 27.4 Å². The summed E-state index contributed by atoms with van der Waals surface area (Å²) in [6.07, 6.45) is 19.0. The highest BCUT2D eigenvalue weighted by atomic mass is 32.2. The van der Waals surface area contributed by atoms with Crippen molar-refractivity contribution < 1.29 is 9.32 Å². The van der Waals surface area contributed by atoms with Crippen LogP contribution in [0.1, 0.15) is 96.8 Å². The molecule has 0 heterocycles. The molecule has 0 aliphatic heterocycles. The second-order valence-corrected chi connectivity index (χ2v) is 7.86. The van der Waals surface area contributed by atoms with E-state index in [9.17, 15) is 4.21 Å². The summed E-state index contributed by atoms with van der Waals surface area (Å²) in [5, 5.41) is 8.66. The van der Waals surface area contributed by atoms with Crippen molar-refractivity contribution in [1.82, 2.24) is 0 Å². The van der Waals surface area contributed by atoms with Crippen molar-refractivity contribution in [1.29, 1.82) is 0 Å². The highest BCUT2D eigenvalue weighted by molar-refractivity contribution is 7.84. The van der Waals surface area contributed by atoms with E-state index >= 15 is 0 Å². The van der Waals surface area contributed by atoms with E-state index in [-0.39, 0.29) is 6.61 Å². The van der Waals surface area contributed by atoms with Crippen LogP contribution in [0.15, 0.2) is 0 Å². The van der Waals surface area contributed by atoms with Gasteiger partial charge in [-0.25, -0.2) is 0 Å². The first-order chi connectivity index (χ1) is 10.3. The van der Waals surface area contributed by atoms with Crippen LogP contribution in [0.4, 0.5) is 0 Å². The van der Waals surface area contributed by atoms with E-state index in [1.807, 2.05) is 0 Å². The van der Waals surface area contributed by atoms with Crippen molar-refractivity contribution in [2.75, 3.05) is 18.1 Å². The summed E-state index contributed by atoms with van der Waals surface area (Å²) in [5.41, 5.74) is 0. The Morgan fingerprint density at radius 1 is 0.619 bits per heavy atom. The molecule has 1 N–H and O–H groups in total. The van der Waals surface area contributed by atoms with Gasteiger partial charge in [0.1, 0.15) is 0 Å². The Hall–Kier alpha value is 0.110. The van der Waals surface area contributed by atoms with Crippen LogP contribution in [0.5, 0.6) is 0 Å². The lowest BCUT2D eigenvalue weighted by molar-refractivity contribution is 0.321. The Morgan fingerprint density at radius 2 is 1.00 bits per heavy atom. The molecule has 21 heavy (non-hydrogen) atoms. The van der Waals surface area contributed by atoms with Gasteiger partial charge >= 0.3 is 0 Å². The van der Waals surface area contributed by atoms with E-state index in [4.69, 9.17) is 5.11 Å². The first-order valence-electron chi connectivity index (χ1n) is 9.27. The average molecular weight is 319 g/mol. The lowest BCUT2D eigenvalue weighted by Gasteiger charge is -2.03. The fourth-order valence-electron chi connectivity index (χ4n) is 2.66. The molecule has 0 aliphatic rings. The number of rotatable bonds is 17. The van der Waals surface area contributed by atoms with E-state index in [0.717, 1.165) is 12.2 Å². The van der Waals surface area contributed by atoms with Gasteiger partial charge in [0.25, 0.3) is 0 Å². The first-order valence-corrected chi connectivity index (χ1v) is 10.8. The fourth-order valence-corrected chi connectivity index (χ4v) is 3.60. The van der Waals surface area contributed by atoms with Crippen LogP contribution in [0.2, 0.25) is 0 Å². The van der Waals surface area contributed by atoms with Gasteiger partial charge in [0.05, 0.1) is 6.61 Å². The van der Waals surface area contributed by atoms with Gasteiger partial charge in [-0.2, -0.15) is 0 Å². The lowest BCUT2D eigenvalue weighted by Crippen LogP contribution is -2.05. The van der Waals surface area contributed by atoms with Crippen molar-refractivity contribution in [2.45, 2.75) is 96.8 Å². The molecular weight excluding hydrogens is 280 g/mol. The molecule has 1 atom stereocenters. The van der Waals surface area contributed by atoms with Gasteiger partial charge in [-0.3, -0.25) is 4.21 Å². The summed E-state index contributed by atoms with van der Waals surface area (Å²) in [5.74, 6) is 1.23. The topological polar surface area (TPSA) is 37.3 Å². The van der Waals surface area contributed by atoms with Crippen molar-refractivity contribution in [2.24, 2.45) is 0 Å². The van der Waals surface area contributed by atoms with Gasteiger partial charge in [0.2, 0.25) is 0 Å². The summed E-state index contributed by atoms with van der Waals surface area (Å²) < 4.78 is 11.3. The summed E-state index contributed by atoms with van der Waals surface area (Å²) in [6, 6.07) is 0. The Kier molecular flexibility index (Phi) is 18.3. The maximum Gasteiger partial charge on any atom is 0.0546 e. The Balaban J connectivity index is 3.01. The molecule has 0 unspecified atom stereocenters. The van der Waals surface area contributed by atoms with Crippen LogP contribution in [0, 0.1) is 0 Å². The minimum absolute atomic E-state index is 0.0607. The van der Waals surface area contributed by atoms with Crippen LogP contribution in [0.3, 0.4) is 0 Å². The number of hydrogen-bond acceptors (Lipinski definition) is 2. The molecule has 0 spiro atoms. The van der Waals surface area contributed by atoms with Gasteiger partial charge in [0, 0.05) is 22.3 Å². The molecule has 2 nitrogen and oxygen atoms in total. The van der Waals surface area contributed by atoms with Gasteiger partial charge < -0.3 is 5.11 Å². The molecule has 0 aliphatic carbocycles. The fraction of sp³-hybridized carbons (Fsp3) is 1.00. The zero-order valence-electron chi connectivity index (χ0n) is 14.3. The smallest absolute Gasteiger partial charge is 0.0546 e. The van der Waals surface area contributed by atoms with Gasteiger partial charge in [-0.1, -0.05) is 90.4 Å². The molecule has 0 saturated heterocycles. The summed E-state index contributed by atoms with van der Waals surface area (Å²) in [4.78, 5) is 0. The first kappa shape index (κ1) is 21.1. The monoisotopic (exact) mass is 318 g/mol. The van der Waals surface area contributed by atoms with Crippen LogP contribution in [0.25, 0.3) is 0 Å². The number of hydrogen-bond donors (Lipinski definition) is 1. The molecule has 128 valence electrons. The second-order valence-electron chi connectivity index (χ2n) is 6.17. The van der Waals surface area contributed by atoms with Crippen LogP contribution < -0.4 is 0 Å². The third kappa shape index (κ3) is 18.1. The quantitative estimate of drug-likeness (QED) is 0.374. The normalized spacial score (nSPS) is 12.7. The molecule has 0 amide bonds. The van der Waals surface area contributed by atoms with E-state index in [1.165, 1.54) is 83.5 Å².